The Labute approximate surface area is 90.3 Å². The van der Waals surface area contributed by atoms with Gasteiger partial charge in [-0.1, -0.05) is 43.9 Å². The van der Waals surface area contributed by atoms with E-state index in [2.05, 4.69) is 25.7 Å². The van der Waals surface area contributed by atoms with Gasteiger partial charge in [-0.25, -0.2) is 0 Å². The maximum absolute atomic E-state index is 6.32. The number of rotatable bonds is 0. The van der Waals surface area contributed by atoms with Crippen LogP contribution in [0.5, 0.6) is 0 Å². The number of alkyl halides is 1. The van der Waals surface area contributed by atoms with Crippen LogP contribution in [0.3, 0.4) is 0 Å². The molecule has 1 fully saturated rings. The van der Waals surface area contributed by atoms with Gasteiger partial charge in [-0.05, 0) is 24.0 Å². The standard InChI is InChI=1S/C13H13Cl/c1-10-11(2)13(10,14)9-8-12-6-4-3-5-7-12/h3-7,10-11H,1-2H3. The quantitative estimate of drug-likeness (QED) is 0.449. The van der Waals surface area contributed by atoms with E-state index < -0.39 is 0 Å². The van der Waals surface area contributed by atoms with Crippen molar-refractivity contribution in [1.82, 2.24) is 0 Å². The minimum Gasteiger partial charge on any atom is -0.104 e. The Bertz CT molecular complexity index is 375. The van der Waals surface area contributed by atoms with Crippen LogP contribution in [0.4, 0.5) is 0 Å². The predicted molar refractivity (Wildman–Crippen MR) is 60.2 cm³/mol. The van der Waals surface area contributed by atoms with Crippen molar-refractivity contribution in [2.24, 2.45) is 11.8 Å². The Morgan fingerprint density at radius 3 is 2.21 bits per heavy atom. The molecular weight excluding hydrogens is 192 g/mol. The van der Waals surface area contributed by atoms with Gasteiger partial charge in [0, 0.05) is 5.56 Å². The first kappa shape index (κ1) is 9.62. The number of hydrogen-bond donors (Lipinski definition) is 0. The van der Waals surface area contributed by atoms with Gasteiger partial charge in [0.2, 0.25) is 0 Å². The smallest absolute Gasteiger partial charge is 0.104 e. The first-order chi connectivity index (χ1) is 6.64. The van der Waals surface area contributed by atoms with E-state index in [1.54, 1.807) is 0 Å². The summed E-state index contributed by atoms with van der Waals surface area (Å²) in [4.78, 5) is -0.268. The summed E-state index contributed by atoms with van der Waals surface area (Å²) < 4.78 is 0. The second kappa shape index (κ2) is 3.33. The molecule has 0 saturated heterocycles. The molecule has 0 amide bonds. The average Bonchev–Trinajstić information content (AvgIpc) is 2.69. The molecule has 1 aliphatic rings. The maximum atomic E-state index is 6.32. The molecule has 0 N–H and O–H groups in total. The van der Waals surface area contributed by atoms with E-state index in [1.165, 1.54) is 0 Å². The first-order valence-electron chi connectivity index (χ1n) is 4.92. The lowest BCUT2D eigenvalue weighted by Crippen LogP contribution is -1.97. The summed E-state index contributed by atoms with van der Waals surface area (Å²) in [6.45, 7) is 4.30. The summed E-state index contributed by atoms with van der Waals surface area (Å²) in [5.41, 5.74) is 1.04. The lowest BCUT2D eigenvalue weighted by molar-refractivity contribution is 0.834. The van der Waals surface area contributed by atoms with E-state index >= 15 is 0 Å². The van der Waals surface area contributed by atoms with Crippen molar-refractivity contribution in [2.45, 2.75) is 18.7 Å². The highest BCUT2D eigenvalue weighted by Crippen LogP contribution is 2.54. The van der Waals surface area contributed by atoms with Crippen molar-refractivity contribution < 1.29 is 0 Å². The maximum Gasteiger partial charge on any atom is 0.111 e. The molecule has 0 radical (unpaired) electrons. The fourth-order valence-electron chi connectivity index (χ4n) is 1.64. The van der Waals surface area contributed by atoms with Crippen LogP contribution in [-0.4, -0.2) is 4.87 Å². The van der Waals surface area contributed by atoms with Crippen molar-refractivity contribution >= 4 is 11.6 Å². The molecule has 72 valence electrons. The van der Waals surface area contributed by atoms with Crippen LogP contribution in [0.25, 0.3) is 0 Å². The first-order valence-corrected chi connectivity index (χ1v) is 5.29. The van der Waals surface area contributed by atoms with Gasteiger partial charge in [-0.15, -0.1) is 11.6 Å². The Morgan fingerprint density at radius 1 is 1.14 bits per heavy atom. The fraction of sp³-hybridized carbons (Fsp3) is 0.385. The third-order valence-corrected chi connectivity index (χ3v) is 3.92. The highest BCUT2D eigenvalue weighted by Gasteiger charge is 2.57. The van der Waals surface area contributed by atoms with Crippen molar-refractivity contribution in [1.29, 1.82) is 0 Å². The van der Waals surface area contributed by atoms with Crippen LogP contribution < -0.4 is 0 Å². The molecule has 1 aromatic rings. The zero-order valence-electron chi connectivity index (χ0n) is 8.42. The molecular formula is C13H13Cl. The van der Waals surface area contributed by atoms with Crippen molar-refractivity contribution in [2.75, 3.05) is 0 Å². The molecule has 2 rings (SSSR count). The minimum atomic E-state index is -0.268. The summed E-state index contributed by atoms with van der Waals surface area (Å²) in [5, 5.41) is 0. The van der Waals surface area contributed by atoms with Gasteiger partial charge in [-0.2, -0.15) is 0 Å². The van der Waals surface area contributed by atoms with Crippen molar-refractivity contribution in [3.63, 3.8) is 0 Å². The van der Waals surface area contributed by atoms with Crippen LogP contribution >= 0.6 is 11.6 Å². The second-order valence-electron chi connectivity index (χ2n) is 3.96. The predicted octanol–water partition coefficient (Wildman–Crippen LogP) is 3.30. The number of benzene rings is 1. The second-order valence-corrected chi connectivity index (χ2v) is 4.59. The Balaban J connectivity index is 2.17. The minimum absolute atomic E-state index is 0.268. The van der Waals surface area contributed by atoms with Crippen LogP contribution in [-0.2, 0) is 0 Å². The molecule has 0 spiro atoms. The molecule has 0 bridgehead atoms. The number of hydrogen-bond acceptors (Lipinski definition) is 0. The van der Waals surface area contributed by atoms with Gasteiger partial charge >= 0.3 is 0 Å². The molecule has 1 aromatic carbocycles. The third-order valence-electron chi connectivity index (χ3n) is 3.14. The molecule has 1 saturated carbocycles. The van der Waals surface area contributed by atoms with Gasteiger partial charge in [-0.3, -0.25) is 0 Å². The highest BCUT2D eigenvalue weighted by molar-refractivity contribution is 6.28. The van der Waals surface area contributed by atoms with E-state index in [9.17, 15) is 0 Å². The van der Waals surface area contributed by atoms with Gasteiger partial charge < -0.3 is 0 Å². The van der Waals surface area contributed by atoms with Crippen LogP contribution in [0.1, 0.15) is 19.4 Å². The SMILES string of the molecule is CC1C(C)C1(Cl)C#Cc1ccccc1. The summed E-state index contributed by atoms with van der Waals surface area (Å²) in [6.07, 6.45) is 0. The van der Waals surface area contributed by atoms with Crippen LogP contribution in [0, 0.1) is 23.7 Å². The van der Waals surface area contributed by atoms with E-state index in [-0.39, 0.29) is 4.87 Å². The van der Waals surface area contributed by atoms with Gasteiger partial charge in [0.05, 0.1) is 0 Å². The molecule has 2 unspecified atom stereocenters. The molecule has 14 heavy (non-hydrogen) atoms. The van der Waals surface area contributed by atoms with E-state index in [1.807, 2.05) is 30.3 Å². The Kier molecular flexibility index (Phi) is 2.29. The molecule has 2 atom stereocenters. The van der Waals surface area contributed by atoms with Crippen molar-refractivity contribution in [3.05, 3.63) is 35.9 Å². The summed E-state index contributed by atoms with van der Waals surface area (Å²) >= 11 is 6.32. The van der Waals surface area contributed by atoms with Crippen molar-refractivity contribution in [3.8, 4) is 11.8 Å². The Morgan fingerprint density at radius 2 is 1.71 bits per heavy atom. The molecule has 0 aromatic heterocycles. The van der Waals surface area contributed by atoms with E-state index in [0.717, 1.165) is 5.56 Å². The molecule has 1 heteroatoms. The number of halogens is 1. The largest absolute Gasteiger partial charge is 0.111 e. The summed E-state index contributed by atoms with van der Waals surface area (Å²) in [5.74, 6) is 7.32. The monoisotopic (exact) mass is 204 g/mol. The topological polar surface area (TPSA) is 0 Å². The van der Waals surface area contributed by atoms with Gasteiger partial charge in [0.15, 0.2) is 0 Å². The van der Waals surface area contributed by atoms with Crippen LogP contribution in [0.15, 0.2) is 30.3 Å². The van der Waals surface area contributed by atoms with E-state index in [4.69, 9.17) is 11.6 Å². The third kappa shape index (κ3) is 1.53. The molecule has 0 aliphatic heterocycles. The summed E-state index contributed by atoms with van der Waals surface area (Å²) in [7, 11) is 0. The van der Waals surface area contributed by atoms with E-state index in [0.29, 0.717) is 11.8 Å². The highest BCUT2D eigenvalue weighted by atomic mass is 35.5. The lowest BCUT2D eigenvalue weighted by atomic mass is 10.2. The summed E-state index contributed by atoms with van der Waals surface area (Å²) in [6, 6.07) is 9.98. The molecule has 1 aliphatic carbocycles. The normalized spacial score (nSPS) is 34.5. The lowest BCUT2D eigenvalue weighted by Gasteiger charge is -1.94. The zero-order valence-corrected chi connectivity index (χ0v) is 9.18. The van der Waals surface area contributed by atoms with Gasteiger partial charge in [0.1, 0.15) is 4.87 Å². The molecule has 0 heterocycles. The van der Waals surface area contributed by atoms with Gasteiger partial charge in [0.25, 0.3) is 0 Å². The average molecular weight is 205 g/mol. The Hall–Kier alpha value is -0.930. The fourth-order valence-corrected chi connectivity index (χ4v) is 2.00. The molecule has 0 nitrogen and oxygen atoms in total. The van der Waals surface area contributed by atoms with Crippen LogP contribution in [0.2, 0.25) is 0 Å². The zero-order chi connectivity index (χ0) is 10.2.